The zero-order valence-corrected chi connectivity index (χ0v) is 17.7. The first-order valence-corrected chi connectivity index (χ1v) is 11.9. The summed E-state index contributed by atoms with van der Waals surface area (Å²) in [6, 6.07) is 32.5. The molecule has 1 aliphatic rings. The molecule has 2 atom stereocenters. The van der Waals surface area contributed by atoms with Crippen molar-refractivity contribution < 1.29 is 9.53 Å². The molecule has 3 aromatic rings. The second-order valence-corrected chi connectivity index (χ2v) is 10.0. The Bertz CT molecular complexity index is 885. The number of ether oxygens (including phenoxy) is 1. The van der Waals surface area contributed by atoms with Crippen molar-refractivity contribution in [3.05, 3.63) is 102 Å². The Kier molecular flexibility index (Phi) is 6.11. The van der Waals surface area contributed by atoms with Gasteiger partial charge < -0.3 is 4.74 Å². The van der Waals surface area contributed by atoms with E-state index >= 15 is 0 Å². The molecule has 0 N–H and O–H groups in total. The van der Waals surface area contributed by atoms with E-state index in [1.54, 1.807) is 0 Å². The zero-order chi connectivity index (χ0) is 20.1. The molecule has 2 unspecified atom stereocenters. The monoisotopic (exact) mass is 402 g/mol. The number of esters is 1. The Labute approximate surface area is 174 Å². The minimum Gasteiger partial charge on any atom is -0.466 e. The highest BCUT2D eigenvalue weighted by molar-refractivity contribution is 7.67. The highest BCUT2D eigenvalue weighted by Gasteiger charge is 2.53. The fourth-order valence-electron chi connectivity index (χ4n) is 4.84. The van der Waals surface area contributed by atoms with Gasteiger partial charge >= 0.3 is 5.97 Å². The van der Waals surface area contributed by atoms with E-state index in [-0.39, 0.29) is 17.0 Å². The molecule has 4 rings (SSSR count). The third kappa shape index (κ3) is 3.74. The third-order valence-electron chi connectivity index (χ3n) is 5.93. The molecule has 2 nitrogen and oxygen atoms in total. The molecule has 1 aliphatic heterocycles. The minimum atomic E-state index is -0.527. The smallest absolute Gasteiger partial charge is 0.306 e. The van der Waals surface area contributed by atoms with Crippen LogP contribution in [-0.2, 0) is 14.7 Å². The lowest BCUT2D eigenvalue weighted by atomic mass is 9.77. The summed E-state index contributed by atoms with van der Waals surface area (Å²) < 4.78 is 5.38. The van der Waals surface area contributed by atoms with Gasteiger partial charge in [0.25, 0.3) is 0 Å². The van der Waals surface area contributed by atoms with Crippen molar-refractivity contribution in [2.75, 3.05) is 12.8 Å². The molecule has 1 heterocycles. The summed E-state index contributed by atoms with van der Waals surface area (Å²) >= 11 is 0. The van der Waals surface area contributed by atoms with Crippen LogP contribution in [0.2, 0.25) is 0 Å². The quantitative estimate of drug-likeness (QED) is 0.390. The van der Waals surface area contributed by atoms with E-state index in [1.807, 2.05) is 6.92 Å². The molecule has 0 bridgehead atoms. The number of carbonyl (C=O) groups excluding carboxylic acids is 1. The zero-order valence-electron chi connectivity index (χ0n) is 16.8. The lowest BCUT2D eigenvalue weighted by Crippen LogP contribution is -2.34. The normalized spacial score (nSPS) is 20.3. The average Bonchev–Trinajstić information content (AvgIpc) is 3.15. The van der Waals surface area contributed by atoms with E-state index in [0.29, 0.717) is 13.0 Å². The number of hydrogen-bond acceptors (Lipinski definition) is 2. The Morgan fingerprint density at radius 1 is 0.897 bits per heavy atom. The van der Waals surface area contributed by atoms with Crippen LogP contribution in [0.3, 0.4) is 0 Å². The first-order chi connectivity index (χ1) is 14.3. The van der Waals surface area contributed by atoms with Crippen LogP contribution < -0.4 is 5.30 Å². The van der Waals surface area contributed by atoms with Crippen LogP contribution in [0.5, 0.6) is 0 Å². The van der Waals surface area contributed by atoms with E-state index in [1.165, 1.54) is 16.4 Å². The molecular weight excluding hydrogens is 375 g/mol. The Morgan fingerprint density at radius 3 is 1.93 bits per heavy atom. The largest absolute Gasteiger partial charge is 0.466 e. The molecule has 0 radical (unpaired) electrons. The summed E-state index contributed by atoms with van der Waals surface area (Å²) in [5.74, 6) is 0.135. The number of carbonyl (C=O) groups is 1. The molecule has 1 fully saturated rings. The molecule has 1 saturated heterocycles. The molecule has 148 valence electrons. The van der Waals surface area contributed by atoms with Gasteiger partial charge in [-0.2, -0.15) is 0 Å². The fraction of sp³-hybridized carbons (Fsp3) is 0.269. The molecule has 29 heavy (non-hydrogen) atoms. The third-order valence-corrected chi connectivity index (χ3v) is 9.29. The maximum atomic E-state index is 12.6. The van der Waals surface area contributed by atoms with Crippen LogP contribution >= 0.6 is 7.92 Å². The lowest BCUT2D eigenvalue weighted by Gasteiger charge is -2.42. The van der Waals surface area contributed by atoms with Gasteiger partial charge in [-0.1, -0.05) is 98.9 Å². The van der Waals surface area contributed by atoms with Gasteiger partial charge in [0.2, 0.25) is 0 Å². The highest BCUT2D eigenvalue weighted by atomic mass is 31.1. The van der Waals surface area contributed by atoms with Crippen molar-refractivity contribution in [1.29, 1.82) is 0 Å². The van der Waals surface area contributed by atoms with Crippen molar-refractivity contribution in [2.45, 2.75) is 24.9 Å². The molecule has 3 aromatic carbocycles. The van der Waals surface area contributed by atoms with Gasteiger partial charge in [0, 0.05) is 11.6 Å². The molecule has 0 amide bonds. The molecule has 0 spiro atoms. The first-order valence-electron chi connectivity index (χ1n) is 10.4. The number of rotatable bonds is 6. The molecular formula is C26H27O2P. The molecule has 0 aromatic heterocycles. The summed E-state index contributed by atoms with van der Waals surface area (Å²) in [7, 11) is -0.527. The summed E-state index contributed by atoms with van der Waals surface area (Å²) in [6.07, 6.45) is 2.61. The van der Waals surface area contributed by atoms with Crippen molar-refractivity contribution in [3.63, 3.8) is 0 Å². The van der Waals surface area contributed by atoms with Gasteiger partial charge in [0.15, 0.2) is 0 Å². The minimum absolute atomic E-state index is 0.0846. The van der Waals surface area contributed by atoms with Crippen LogP contribution in [0.15, 0.2) is 91.0 Å². The molecule has 3 heteroatoms. The Morgan fingerprint density at radius 2 is 1.41 bits per heavy atom. The van der Waals surface area contributed by atoms with Crippen LogP contribution in [0, 0.1) is 5.92 Å². The lowest BCUT2D eigenvalue weighted by molar-refractivity contribution is -0.144. The second-order valence-electron chi connectivity index (χ2n) is 7.48. The van der Waals surface area contributed by atoms with Crippen molar-refractivity contribution in [2.24, 2.45) is 5.92 Å². The molecule has 0 saturated carbocycles. The van der Waals surface area contributed by atoms with E-state index in [9.17, 15) is 4.79 Å². The predicted molar refractivity (Wildman–Crippen MR) is 121 cm³/mol. The van der Waals surface area contributed by atoms with Crippen LogP contribution in [0.1, 0.15) is 30.9 Å². The maximum absolute atomic E-state index is 12.6. The van der Waals surface area contributed by atoms with Gasteiger partial charge in [-0.3, -0.25) is 4.79 Å². The van der Waals surface area contributed by atoms with Crippen molar-refractivity contribution in [1.82, 2.24) is 0 Å². The summed E-state index contributed by atoms with van der Waals surface area (Å²) in [4.78, 5) is 12.6. The summed E-state index contributed by atoms with van der Waals surface area (Å²) in [6.45, 7) is 2.31. The standard InChI is InChI=1S/C26H27O2P/c1-2-28-25(27)20-23-18-19-29(24-16-10-5-11-17-24)26(23,21-12-6-3-7-13-21)22-14-8-4-9-15-22/h3-17,23H,2,18-20H2,1H3. The highest BCUT2D eigenvalue weighted by Crippen LogP contribution is 2.69. The summed E-state index contributed by atoms with van der Waals surface area (Å²) in [5.41, 5.74) is 2.63. The second kappa shape index (κ2) is 8.93. The first kappa shape index (κ1) is 19.9. The van der Waals surface area contributed by atoms with E-state index < -0.39 is 7.92 Å². The Balaban J connectivity index is 1.92. The van der Waals surface area contributed by atoms with Gasteiger partial charge in [-0.05, 0) is 41.9 Å². The molecule has 0 aliphatic carbocycles. The van der Waals surface area contributed by atoms with E-state index in [2.05, 4.69) is 91.0 Å². The SMILES string of the molecule is CCOC(=O)CC1CCP(c2ccccc2)C1(c1ccccc1)c1ccccc1. The van der Waals surface area contributed by atoms with E-state index in [4.69, 9.17) is 4.74 Å². The van der Waals surface area contributed by atoms with E-state index in [0.717, 1.165) is 12.6 Å². The average molecular weight is 402 g/mol. The van der Waals surface area contributed by atoms with Crippen molar-refractivity contribution >= 4 is 19.2 Å². The maximum Gasteiger partial charge on any atom is 0.306 e. The predicted octanol–water partition coefficient (Wildman–Crippen LogP) is 5.71. The van der Waals surface area contributed by atoms with Gasteiger partial charge in [0.05, 0.1) is 6.61 Å². The topological polar surface area (TPSA) is 26.3 Å². The summed E-state index contributed by atoms with van der Waals surface area (Å²) in [5, 5.41) is 1.22. The number of benzene rings is 3. The van der Waals surface area contributed by atoms with Crippen LogP contribution in [0.4, 0.5) is 0 Å². The van der Waals surface area contributed by atoms with Crippen molar-refractivity contribution in [3.8, 4) is 0 Å². The van der Waals surface area contributed by atoms with Gasteiger partial charge in [-0.15, -0.1) is 0 Å². The van der Waals surface area contributed by atoms with Gasteiger partial charge in [-0.25, -0.2) is 0 Å². The van der Waals surface area contributed by atoms with Crippen LogP contribution in [0.25, 0.3) is 0 Å². The Hall–Kier alpha value is -2.44. The van der Waals surface area contributed by atoms with Gasteiger partial charge in [0.1, 0.15) is 0 Å². The number of hydrogen-bond donors (Lipinski definition) is 0. The fourth-order valence-corrected chi connectivity index (χ4v) is 8.54. The van der Waals surface area contributed by atoms with Crippen LogP contribution in [-0.4, -0.2) is 18.7 Å².